The van der Waals surface area contributed by atoms with Crippen LogP contribution in [0.25, 0.3) is 11.3 Å². The van der Waals surface area contributed by atoms with Crippen LogP contribution in [0.4, 0.5) is 22.1 Å². The number of urea groups is 1. The highest BCUT2D eigenvalue weighted by Crippen LogP contribution is 2.24. The van der Waals surface area contributed by atoms with E-state index in [1.165, 1.54) is 4.90 Å². The minimum absolute atomic E-state index is 0.168. The molecule has 0 spiro atoms. The number of benzene rings is 1. The first kappa shape index (κ1) is 17.4. The molecule has 0 radical (unpaired) electrons. The second kappa shape index (κ2) is 7.22. The van der Waals surface area contributed by atoms with Crippen molar-refractivity contribution < 1.29 is 4.79 Å². The fraction of sp³-hybridized carbons (Fsp3) is 0.222. The van der Waals surface area contributed by atoms with E-state index < -0.39 is 0 Å². The lowest BCUT2D eigenvalue weighted by Crippen LogP contribution is -2.27. The van der Waals surface area contributed by atoms with Gasteiger partial charge in [0.2, 0.25) is 5.95 Å². The average Bonchev–Trinajstić information content (AvgIpc) is 3.02. The van der Waals surface area contributed by atoms with Gasteiger partial charge in [0.1, 0.15) is 0 Å². The number of carbonyl (C=O) groups excluding carboxylic acids is 1. The number of aromatic nitrogens is 4. The highest BCUT2D eigenvalue weighted by atomic mass is 16.2. The maximum Gasteiger partial charge on any atom is 0.321 e. The summed E-state index contributed by atoms with van der Waals surface area (Å²) in [5.74, 6) is 0.503. The third kappa shape index (κ3) is 3.97. The molecule has 1 aromatic carbocycles. The van der Waals surface area contributed by atoms with E-state index in [1.54, 1.807) is 31.2 Å². The van der Waals surface area contributed by atoms with Gasteiger partial charge in [-0.1, -0.05) is 12.1 Å². The Morgan fingerprint density at radius 2 is 1.85 bits per heavy atom. The summed E-state index contributed by atoms with van der Waals surface area (Å²) in [5, 5.41) is 10.1. The number of rotatable bonds is 4. The molecule has 0 saturated carbocycles. The average molecular weight is 351 g/mol. The van der Waals surface area contributed by atoms with Crippen LogP contribution in [0.5, 0.6) is 0 Å². The summed E-state index contributed by atoms with van der Waals surface area (Å²) in [6.07, 6.45) is 5.35. The summed E-state index contributed by atoms with van der Waals surface area (Å²) < 4.78 is 1.71. The van der Waals surface area contributed by atoms with Crippen LogP contribution in [-0.2, 0) is 7.05 Å². The maximum absolute atomic E-state index is 11.7. The summed E-state index contributed by atoms with van der Waals surface area (Å²) in [6.45, 7) is 1.96. The second-order valence-corrected chi connectivity index (χ2v) is 6.15. The number of anilines is 3. The quantitative estimate of drug-likeness (QED) is 0.754. The number of amides is 2. The van der Waals surface area contributed by atoms with E-state index in [4.69, 9.17) is 0 Å². The van der Waals surface area contributed by atoms with Crippen LogP contribution in [0.2, 0.25) is 0 Å². The van der Waals surface area contributed by atoms with Crippen molar-refractivity contribution in [3.05, 3.63) is 48.4 Å². The first-order chi connectivity index (χ1) is 12.4. The Kier molecular flexibility index (Phi) is 4.83. The molecule has 2 aromatic heterocycles. The van der Waals surface area contributed by atoms with Crippen LogP contribution in [0.3, 0.4) is 0 Å². The van der Waals surface area contributed by atoms with Gasteiger partial charge < -0.3 is 15.5 Å². The lowest BCUT2D eigenvalue weighted by molar-refractivity contribution is 0.230. The lowest BCUT2D eigenvalue weighted by Gasteiger charge is -2.12. The molecule has 8 nitrogen and oxygen atoms in total. The van der Waals surface area contributed by atoms with E-state index >= 15 is 0 Å². The molecule has 0 fully saturated rings. The highest BCUT2D eigenvalue weighted by molar-refractivity contribution is 5.89. The molecule has 0 unspecified atom stereocenters. The minimum atomic E-state index is -0.168. The zero-order valence-corrected chi connectivity index (χ0v) is 15.2. The van der Waals surface area contributed by atoms with E-state index in [0.29, 0.717) is 5.95 Å². The van der Waals surface area contributed by atoms with Crippen molar-refractivity contribution in [1.29, 1.82) is 0 Å². The van der Waals surface area contributed by atoms with Crippen molar-refractivity contribution in [3.63, 3.8) is 0 Å². The van der Waals surface area contributed by atoms with Crippen LogP contribution < -0.4 is 10.6 Å². The lowest BCUT2D eigenvalue weighted by atomic mass is 10.1. The van der Waals surface area contributed by atoms with Gasteiger partial charge in [-0.2, -0.15) is 5.10 Å². The molecule has 8 heteroatoms. The number of carbonyl (C=O) groups is 1. The van der Waals surface area contributed by atoms with Crippen LogP contribution in [0, 0.1) is 6.92 Å². The van der Waals surface area contributed by atoms with Crippen molar-refractivity contribution in [2.24, 2.45) is 7.05 Å². The Morgan fingerprint density at radius 1 is 1.12 bits per heavy atom. The largest absolute Gasteiger partial charge is 0.331 e. The molecule has 2 amide bonds. The van der Waals surface area contributed by atoms with Gasteiger partial charge in [0.15, 0.2) is 0 Å². The first-order valence-electron chi connectivity index (χ1n) is 8.10. The van der Waals surface area contributed by atoms with E-state index in [1.807, 2.05) is 44.4 Å². The number of aryl methyl sites for hydroxylation is 2. The SMILES string of the molecule is Cc1cnc(Nc2cnn(C)c2)nc1-c1ccc(NC(=O)N(C)C)cc1. The predicted molar refractivity (Wildman–Crippen MR) is 101 cm³/mol. The standard InChI is InChI=1S/C18H21N7O/c1-12-9-19-17(21-15-10-20-25(4)11-15)23-16(12)13-5-7-14(8-6-13)22-18(26)24(2)3/h5-11H,1-4H3,(H,22,26)(H,19,21,23). The molecular weight excluding hydrogens is 330 g/mol. The van der Waals surface area contributed by atoms with Gasteiger partial charge in [-0.15, -0.1) is 0 Å². The summed E-state index contributed by atoms with van der Waals surface area (Å²) >= 11 is 0. The molecule has 0 aliphatic carbocycles. The molecular formula is C18H21N7O. The van der Waals surface area contributed by atoms with Gasteiger partial charge in [-0.05, 0) is 24.6 Å². The number of hydrogen-bond donors (Lipinski definition) is 2. The monoisotopic (exact) mass is 351 g/mol. The van der Waals surface area contributed by atoms with Gasteiger partial charge >= 0.3 is 6.03 Å². The fourth-order valence-electron chi connectivity index (χ4n) is 2.36. The maximum atomic E-state index is 11.7. The summed E-state index contributed by atoms with van der Waals surface area (Å²) in [6, 6.07) is 7.39. The smallest absolute Gasteiger partial charge is 0.321 e. The molecule has 2 N–H and O–H groups in total. The normalized spacial score (nSPS) is 10.5. The number of nitrogens with zero attached hydrogens (tertiary/aromatic N) is 5. The molecule has 0 atom stereocenters. The van der Waals surface area contributed by atoms with Gasteiger partial charge in [0.25, 0.3) is 0 Å². The van der Waals surface area contributed by atoms with Gasteiger partial charge in [0.05, 0.1) is 17.6 Å². The topological polar surface area (TPSA) is 88.0 Å². The fourth-order valence-corrected chi connectivity index (χ4v) is 2.36. The third-order valence-corrected chi connectivity index (χ3v) is 3.75. The van der Waals surface area contributed by atoms with Crippen LogP contribution in [-0.4, -0.2) is 44.8 Å². The molecule has 0 bridgehead atoms. The van der Waals surface area contributed by atoms with Crippen LogP contribution >= 0.6 is 0 Å². The van der Waals surface area contributed by atoms with Crippen LogP contribution in [0.1, 0.15) is 5.56 Å². The zero-order chi connectivity index (χ0) is 18.7. The molecule has 26 heavy (non-hydrogen) atoms. The van der Waals surface area contributed by atoms with E-state index in [9.17, 15) is 4.79 Å². The second-order valence-electron chi connectivity index (χ2n) is 6.15. The predicted octanol–water partition coefficient (Wildman–Crippen LogP) is 3.02. The molecule has 0 aliphatic heterocycles. The summed E-state index contributed by atoms with van der Waals surface area (Å²) in [5.41, 5.74) is 4.29. The Hall–Kier alpha value is -3.42. The summed E-state index contributed by atoms with van der Waals surface area (Å²) in [4.78, 5) is 22.1. The zero-order valence-electron chi connectivity index (χ0n) is 15.2. The van der Waals surface area contributed by atoms with Crippen molar-refractivity contribution in [2.45, 2.75) is 6.92 Å². The van der Waals surface area contributed by atoms with Crippen molar-refractivity contribution in [1.82, 2.24) is 24.6 Å². The molecule has 3 aromatic rings. The number of nitrogens with one attached hydrogen (secondary N) is 2. The van der Waals surface area contributed by atoms with E-state index in [-0.39, 0.29) is 6.03 Å². The van der Waals surface area contributed by atoms with Crippen LogP contribution in [0.15, 0.2) is 42.9 Å². The molecule has 0 aliphatic rings. The third-order valence-electron chi connectivity index (χ3n) is 3.75. The molecule has 134 valence electrons. The highest BCUT2D eigenvalue weighted by Gasteiger charge is 2.09. The first-order valence-corrected chi connectivity index (χ1v) is 8.10. The van der Waals surface area contributed by atoms with E-state index in [0.717, 1.165) is 28.2 Å². The van der Waals surface area contributed by atoms with E-state index in [2.05, 4.69) is 25.7 Å². The molecule has 0 saturated heterocycles. The minimum Gasteiger partial charge on any atom is -0.331 e. The Bertz CT molecular complexity index is 916. The van der Waals surface area contributed by atoms with Gasteiger partial charge in [-0.3, -0.25) is 4.68 Å². The number of hydrogen-bond acceptors (Lipinski definition) is 5. The van der Waals surface area contributed by atoms with Crippen molar-refractivity contribution in [2.75, 3.05) is 24.7 Å². The van der Waals surface area contributed by atoms with Crippen molar-refractivity contribution >= 4 is 23.4 Å². The Morgan fingerprint density at radius 3 is 2.46 bits per heavy atom. The van der Waals surface area contributed by atoms with Crippen molar-refractivity contribution in [3.8, 4) is 11.3 Å². The molecule has 3 rings (SSSR count). The Balaban J connectivity index is 1.81. The Labute approximate surface area is 151 Å². The molecule has 2 heterocycles. The summed E-state index contributed by atoms with van der Waals surface area (Å²) in [7, 11) is 5.25. The van der Waals surface area contributed by atoms with Gasteiger partial charge in [0, 0.05) is 44.8 Å². The van der Waals surface area contributed by atoms with Gasteiger partial charge in [-0.25, -0.2) is 14.8 Å².